The van der Waals surface area contributed by atoms with Crippen LogP contribution in [-0.4, -0.2) is 21.5 Å². The summed E-state index contributed by atoms with van der Waals surface area (Å²) in [4.78, 5) is 23.3. The zero-order chi connectivity index (χ0) is 14.1. The van der Waals surface area contributed by atoms with Gasteiger partial charge < -0.3 is 14.9 Å². The molecule has 0 aromatic carbocycles. The summed E-state index contributed by atoms with van der Waals surface area (Å²) in [7, 11) is 0. The van der Waals surface area contributed by atoms with Crippen molar-refractivity contribution in [3.8, 4) is 5.75 Å². The first-order valence-corrected chi connectivity index (χ1v) is 5.38. The van der Waals surface area contributed by atoms with E-state index in [0.717, 1.165) is 0 Å². The lowest BCUT2D eigenvalue weighted by molar-refractivity contribution is -0.393. The summed E-state index contributed by atoms with van der Waals surface area (Å²) in [5.74, 6) is -2.35. The molecule has 0 bridgehead atoms. The number of hydrogen-bond donors (Lipinski definition) is 0. The predicted octanol–water partition coefficient (Wildman–Crippen LogP) is 2.87. The van der Waals surface area contributed by atoms with Crippen molar-refractivity contribution in [3.63, 3.8) is 0 Å². The zero-order valence-corrected chi connectivity index (χ0v) is 10.9. The first-order valence-electron chi connectivity index (χ1n) is 3.92. The van der Waals surface area contributed by atoms with E-state index in [2.05, 4.69) is 9.72 Å². The molecular weight excluding hydrogens is 395 g/mol. The van der Waals surface area contributed by atoms with Crippen molar-refractivity contribution < 1.29 is 27.6 Å². The summed E-state index contributed by atoms with van der Waals surface area (Å²) in [5, 5.41) is 9.41. The summed E-state index contributed by atoms with van der Waals surface area (Å²) in [5.41, 5.74) is -0.515. The molecule has 0 saturated carbocycles. The lowest BCUT2D eigenvalue weighted by Gasteiger charge is -2.09. The van der Waals surface area contributed by atoms with Crippen LogP contribution in [0.4, 0.5) is 19.0 Å². The lowest BCUT2D eigenvalue weighted by Crippen LogP contribution is -2.19. The smallest absolute Gasteiger partial charge is 0.397 e. The molecule has 0 aliphatic carbocycles. The van der Waals surface area contributed by atoms with Crippen molar-refractivity contribution in [1.82, 2.24) is 4.98 Å². The third kappa shape index (κ3) is 3.66. The van der Waals surface area contributed by atoms with Gasteiger partial charge in [-0.25, -0.2) is 0 Å². The Morgan fingerprint density at radius 1 is 1.56 bits per heavy atom. The van der Waals surface area contributed by atoms with Crippen LogP contribution in [0.2, 0.25) is 0 Å². The van der Waals surface area contributed by atoms with E-state index in [-0.39, 0.29) is 3.57 Å². The average molecular weight is 396 g/mol. The summed E-state index contributed by atoms with van der Waals surface area (Å²) in [6.07, 6.45) is -5.11. The molecule has 0 aliphatic rings. The molecule has 0 spiro atoms. The Balaban J connectivity index is 3.38. The molecule has 1 rings (SSSR count). The summed E-state index contributed by atoms with van der Waals surface area (Å²) in [6, 6.07) is 0.662. The van der Waals surface area contributed by atoms with Crippen molar-refractivity contribution in [2.75, 3.05) is 0 Å². The Hall–Kier alpha value is -1.17. The number of hydrogen-bond acceptors (Lipinski definition) is 5. The maximum absolute atomic E-state index is 12.0. The lowest BCUT2D eigenvalue weighted by atomic mass is 10.3. The van der Waals surface area contributed by atoms with Gasteiger partial charge in [-0.2, -0.15) is 0 Å². The molecule has 1 aromatic heterocycles. The van der Waals surface area contributed by atoms with Gasteiger partial charge in [0, 0.05) is 6.07 Å². The summed E-state index contributed by atoms with van der Waals surface area (Å²) < 4.78 is 39.4. The zero-order valence-electron chi connectivity index (χ0n) is 7.99. The molecule has 0 atom stereocenters. The fraction of sp³-hybridized carbons (Fsp3) is 0.143. The van der Waals surface area contributed by atoms with Crippen molar-refractivity contribution in [3.05, 3.63) is 25.4 Å². The number of alkyl halides is 3. The van der Waals surface area contributed by atoms with Gasteiger partial charge >= 0.3 is 12.2 Å². The van der Waals surface area contributed by atoms with Crippen LogP contribution in [0.15, 0.2) is 6.07 Å². The molecule has 0 radical (unpaired) electrons. The molecule has 0 fully saturated rings. The molecule has 1 heterocycles. The SMILES string of the molecule is O=C(Cl)c1nc([N+](=O)[O-])c(OC(F)(F)F)cc1I. The van der Waals surface area contributed by atoms with Crippen LogP contribution < -0.4 is 4.74 Å². The maximum Gasteiger partial charge on any atom is 0.573 e. The Labute approximate surface area is 115 Å². The number of pyridine rings is 1. The number of rotatable bonds is 3. The maximum atomic E-state index is 12.0. The third-order valence-corrected chi connectivity index (χ3v) is 2.51. The van der Waals surface area contributed by atoms with Gasteiger partial charge in [-0.15, -0.1) is 13.2 Å². The molecule has 0 N–H and O–H groups in total. The molecule has 6 nitrogen and oxygen atoms in total. The van der Waals surface area contributed by atoms with Gasteiger partial charge in [0.25, 0.3) is 5.24 Å². The van der Waals surface area contributed by atoms with Gasteiger partial charge in [0.15, 0.2) is 0 Å². The van der Waals surface area contributed by atoms with Crippen molar-refractivity contribution in [2.45, 2.75) is 6.36 Å². The van der Waals surface area contributed by atoms with Crippen LogP contribution in [-0.2, 0) is 0 Å². The molecule has 18 heavy (non-hydrogen) atoms. The first kappa shape index (κ1) is 14.9. The number of nitro groups is 1. The van der Waals surface area contributed by atoms with Gasteiger partial charge in [-0.1, -0.05) is 0 Å². The van der Waals surface area contributed by atoms with Crippen molar-refractivity contribution in [2.24, 2.45) is 0 Å². The summed E-state index contributed by atoms with van der Waals surface area (Å²) >= 11 is 6.53. The fourth-order valence-corrected chi connectivity index (χ4v) is 1.88. The minimum Gasteiger partial charge on any atom is -0.397 e. The molecule has 11 heteroatoms. The Morgan fingerprint density at radius 2 is 2.11 bits per heavy atom. The second-order valence-electron chi connectivity index (χ2n) is 2.72. The normalized spacial score (nSPS) is 11.2. The van der Waals surface area contributed by atoms with E-state index in [4.69, 9.17) is 11.6 Å². The minimum atomic E-state index is -5.11. The molecule has 0 amide bonds. The Bertz CT molecular complexity index is 522. The second-order valence-corrected chi connectivity index (χ2v) is 4.22. The van der Waals surface area contributed by atoms with Crippen LogP contribution in [0, 0.1) is 13.7 Å². The van der Waals surface area contributed by atoms with Gasteiger partial charge in [-0.3, -0.25) is 4.79 Å². The van der Waals surface area contributed by atoms with Gasteiger partial charge in [0.1, 0.15) is 0 Å². The van der Waals surface area contributed by atoms with E-state index >= 15 is 0 Å². The highest BCUT2D eigenvalue weighted by molar-refractivity contribution is 14.1. The number of carbonyl (C=O) groups excluding carboxylic acids is 1. The minimum absolute atomic E-state index is 0.0996. The number of nitrogens with zero attached hydrogens (tertiary/aromatic N) is 2. The topological polar surface area (TPSA) is 82.3 Å². The van der Waals surface area contributed by atoms with Crippen molar-refractivity contribution in [1.29, 1.82) is 0 Å². The van der Waals surface area contributed by atoms with Crippen molar-refractivity contribution >= 4 is 45.3 Å². The van der Waals surface area contributed by atoms with E-state index < -0.39 is 33.8 Å². The number of ether oxygens (including phenoxy) is 1. The van der Waals surface area contributed by atoms with E-state index in [0.29, 0.717) is 6.07 Å². The quantitative estimate of drug-likeness (QED) is 0.340. The standard InChI is InChI=1S/C7HClF3IN2O4/c8-5(15)4-2(12)1-3(18-7(9,10)11)6(13-4)14(16)17/h1H. The molecule has 98 valence electrons. The number of carbonyl (C=O) groups is 1. The third-order valence-electron chi connectivity index (χ3n) is 1.51. The molecule has 1 aromatic rings. The van der Waals surface area contributed by atoms with E-state index in [9.17, 15) is 28.1 Å². The van der Waals surface area contributed by atoms with Gasteiger partial charge in [-0.05, 0) is 44.1 Å². The molecule has 0 unspecified atom stereocenters. The Morgan fingerprint density at radius 3 is 2.50 bits per heavy atom. The van der Waals surface area contributed by atoms with E-state index in [1.165, 1.54) is 22.6 Å². The predicted molar refractivity (Wildman–Crippen MR) is 60.5 cm³/mol. The summed E-state index contributed by atoms with van der Waals surface area (Å²) in [6.45, 7) is 0. The first-order chi connectivity index (χ1) is 8.11. The second kappa shape index (κ2) is 5.22. The van der Waals surface area contributed by atoms with Crippen LogP contribution in [0.25, 0.3) is 0 Å². The van der Waals surface area contributed by atoms with Crippen LogP contribution in [0.1, 0.15) is 10.5 Å². The average Bonchev–Trinajstić information content (AvgIpc) is 2.13. The number of aromatic nitrogens is 1. The van der Waals surface area contributed by atoms with E-state index in [1.54, 1.807) is 0 Å². The number of halogens is 5. The van der Waals surface area contributed by atoms with E-state index in [1.807, 2.05) is 0 Å². The van der Waals surface area contributed by atoms with Gasteiger partial charge in [0.05, 0.1) is 3.57 Å². The van der Waals surface area contributed by atoms with Crippen LogP contribution in [0.5, 0.6) is 5.75 Å². The van der Waals surface area contributed by atoms with Crippen LogP contribution in [0.3, 0.4) is 0 Å². The largest absolute Gasteiger partial charge is 0.573 e. The molecule has 0 saturated heterocycles. The molecular formula is C7HClF3IN2O4. The van der Waals surface area contributed by atoms with Gasteiger partial charge in [0.2, 0.25) is 11.4 Å². The monoisotopic (exact) mass is 396 g/mol. The highest BCUT2D eigenvalue weighted by Gasteiger charge is 2.36. The Kier molecular flexibility index (Phi) is 4.32. The van der Waals surface area contributed by atoms with Crippen LogP contribution >= 0.6 is 34.2 Å². The highest BCUT2D eigenvalue weighted by Crippen LogP contribution is 2.33. The highest BCUT2D eigenvalue weighted by atomic mass is 127. The fourth-order valence-electron chi connectivity index (χ4n) is 0.931. The molecule has 0 aliphatic heterocycles.